The minimum absolute atomic E-state index is 0.0129. The zero-order valence-corrected chi connectivity index (χ0v) is 11.4. The Morgan fingerprint density at radius 3 is 2.44 bits per heavy atom. The molecule has 0 spiro atoms. The molecule has 0 saturated carbocycles. The lowest BCUT2D eigenvalue weighted by atomic mass is 10.2. The number of rotatable bonds is 6. The van der Waals surface area contributed by atoms with E-state index in [1.165, 1.54) is 5.56 Å². The van der Waals surface area contributed by atoms with E-state index in [4.69, 9.17) is 4.74 Å². The van der Waals surface area contributed by atoms with E-state index in [9.17, 15) is 4.79 Å². The quantitative estimate of drug-likeness (QED) is 0.723. The van der Waals surface area contributed by atoms with Crippen LogP contribution in [0.4, 0.5) is 0 Å². The van der Waals surface area contributed by atoms with Crippen molar-refractivity contribution in [2.24, 2.45) is 0 Å². The highest BCUT2D eigenvalue weighted by molar-refractivity contribution is 5.78. The SMILES string of the molecule is C=C(C)CN(CC)C(=O)COc1ccc(C)cc1. The number of likely N-dealkylation sites (N-methyl/N-ethyl adjacent to an activating group) is 1. The highest BCUT2D eigenvalue weighted by atomic mass is 16.5. The van der Waals surface area contributed by atoms with Gasteiger partial charge in [-0.2, -0.15) is 0 Å². The van der Waals surface area contributed by atoms with E-state index < -0.39 is 0 Å². The van der Waals surface area contributed by atoms with Crippen LogP contribution in [-0.2, 0) is 4.79 Å². The number of carbonyl (C=O) groups excluding carboxylic acids is 1. The molecule has 0 N–H and O–H groups in total. The lowest BCUT2D eigenvalue weighted by molar-refractivity contribution is -0.132. The highest BCUT2D eigenvalue weighted by Gasteiger charge is 2.12. The summed E-state index contributed by atoms with van der Waals surface area (Å²) >= 11 is 0. The third-order valence-electron chi connectivity index (χ3n) is 2.58. The normalized spacial score (nSPS) is 9.94. The van der Waals surface area contributed by atoms with Gasteiger partial charge in [0.2, 0.25) is 0 Å². The van der Waals surface area contributed by atoms with Gasteiger partial charge in [0.1, 0.15) is 5.75 Å². The van der Waals surface area contributed by atoms with Crippen molar-refractivity contribution in [2.75, 3.05) is 19.7 Å². The van der Waals surface area contributed by atoms with E-state index in [2.05, 4.69) is 6.58 Å². The Kier molecular flexibility index (Phi) is 5.43. The summed E-state index contributed by atoms with van der Waals surface area (Å²) in [6.45, 7) is 11.0. The molecule has 0 aliphatic heterocycles. The molecular weight excluding hydrogens is 226 g/mol. The van der Waals surface area contributed by atoms with E-state index in [0.717, 1.165) is 11.3 Å². The molecule has 0 bridgehead atoms. The van der Waals surface area contributed by atoms with Crippen LogP contribution in [0.1, 0.15) is 19.4 Å². The Morgan fingerprint density at radius 2 is 1.94 bits per heavy atom. The van der Waals surface area contributed by atoms with Crippen LogP contribution in [0.2, 0.25) is 0 Å². The summed E-state index contributed by atoms with van der Waals surface area (Å²) in [5, 5.41) is 0. The first-order chi connectivity index (χ1) is 8.52. The zero-order valence-electron chi connectivity index (χ0n) is 11.4. The summed E-state index contributed by atoms with van der Waals surface area (Å²) in [6, 6.07) is 7.67. The first kappa shape index (κ1) is 14.3. The summed E-state index contributed by atoms with van der Waals surface area (Å²) in [7, 11) is 0. The first-order valence-corrected chi connectivity index (χ1v) is 6.14. The lowest BCUT2D eigenvalue weighted by Crippen LogP contribution is -2.35. The fraction of sp³-hybridized carbons (Fsp3) is 0.400. The van der Waals surface area contributed by atoms with Crippen LogP contribution in [0, 0.1) is 6.92 Å². The van der Waals surface area contributed by atoms with Gasteiger partial charge in [-0.15, -0.1) is 0 Å². The molecule has 1 amide bonds. The number of hydrogen-bond donors (Lipinski definition) is 0. The molecule has 0 saturated heterocycles. The van der Waals surface area contributed by atoms with Gasteiger partial charge in [-0.1, -0.05) is 29.8 Å². The Morgan fingerprint density at radius 1 is 1.33 bits per heavy atom. The van der Waals surface area contributed by atoms with Gasteiger partial charge in [-0.25, -0.2) is 0 Å². The number of carbonyl (C=O) groups is 1. The van der Waals surface area contributed by atoms with Crippen LogP contribution in [-0.4, -0.2) is 30.5 Å². The standard InChI is InChI=1S/C15H21NO2/c1-5-16(10-12(2)3)15(17)11-18-14-8-6-13(4)7-9-14/h6-9H,2,5,10-11H2,1,3-4H3. The van der Waals surface area contributed by atoms with Crippen LogP contribution in [0.15, 0.2) is 36.4 Å². The van der Waals surface area contributed by atoms with Gasteiger partial charge in [0.15, 0.2) is 6.61 Å². The van der Waals surface area contributed by atoms with Crippen molar-refractivity contribution in [1.29, 1.82) is 0 Å². The molecule has 3 nitrogen and oxygen atoms in total. The number of ether oxygens (including phenoxy) is 1. The van der Waals surface area contributed by atoms with Gasteiger partial charge >= 0.3 is 0 Å². The molecule has 3 heteroatoms. The minimum atomic E-state index is -0.0129. The predicted molar refractivity (Wildman–Crippen MR) is 73.7 cm³/mol. The largest absolute Gasteiger partial charge is 0.484 e. The molecule has 1 aromatic rings. The maximum Gasteiger partial charge on any atom is 0.260 e. The van der Waals surface area contributed by atoms with Gasteiger partial charge < -0.3 is 9.64 Å². The Hall–Kier alpha value is -1.77. The topological polar surface area (TPSA) is 29.5 Å². The lowest BCUT2D eigenvalue weighted by Gasteiger charge is -2.21. The van der Waals surface area contributed by atoms with Crippen LogP contribution in [0.5, 0.6) is 5.75 Å². The maximum absolute atomic E-state index is 11.9. The fourth-order valence-corrected chi connectivity index (χ4v) is 1.57. The van der Waals surface area contributed by atoms with Crippen LogP contribution in [0.3, 0.4) is 0 Å². The van der Waals surface area contributed by atoms with E-state index in [0.29, 0.717) is 13.1 Å². The Balaban J connectivity index is 2.49. The highest BCUT2D eigenvalue weighted by Crippen LogP contribution is 2.11. The fourth-order valence-electron chi connectivity index (χ4n) is 1.57. The maximum atomic E-state index is 11.9. The van der Waals surface area contributed by atoms with Gasteiger partial charge in [-0.3, -0.25) is 4.79 Å². The Labute approximate surface area is 109 Å². The summed E-state index contributed by atoms with van der Waals surface area (Å²) in [5.74, 6) is 0.710. The molecule has 0 heterocycles. The molecular formula is C15H21NO2. The average molecular weight is 247 g/mol. The average Bonchev–Trinajstić information content (AvgIpc) is 2.34. The van der Waals surface area contributed by atoms with Crippen LogP contribution < -0.4 is 4.74 Å². The van der Waals surface area contributed by atoms with E-state index in [1.807, 2.05) is 45.0 Å². The summed E-state index contributed by atoms with van der Waals surface area (Å²) in [5.41, 5.74) is 2.15. The Bertz CT molecular complexity index is 409. The van der Waals surface area contributed by atoms with E-state index in [1.54, 1.807) is 4.90 Å². The minimum Gasteiger partial charge on any atom is -0.484 e. The number of nitrogens with zero attached hydrogens (tertiary/aromatic N) is 1. The molecule has 0 aromatic heterocycles. The number of benzene rings is 1. The predicted octanol–water partition coefficient (Wildman–Crippen LogP) is 2.80. The molecule has 0 fully saturated rings. The van der Waals surface area contributed by atoms with Crippen molar-refractivity contribution in [1.82, 2.24) is 4.90 Å². The van der Waals surface area contributed by atoms with Crippen LogP contribution >= 0.6 is 0 Å². The summed E-state index contributed by atoms with van der Waals surface area (Å²) in [6.07, 6.45) is 0. The van der Waals surface area contributed by atoms with Crippen molar-refractivity contribution in [3.05, 3.63) is 42.0 Å². The number of amides is 1. The molecule has 0 aliphatic carbocycles. The molecule has 1 aromatic carbocycles. The third-order valence-corrected chi connectivity index (χ3v) is 2.58. The second-order valence-electron chi connectivity index (χ2n) is 4.47. The number of hydrogen-bond acceptors (Lipinski definition) is 2. The monoisotopic (exact) mass is 247 g/mol. The smallest absolute Gasteiger partial charge is 0.260 e. The van der Waals surface area contributed by atoms with Gasteiger partial charge in [0.25, 0.3) is 5.91 Å². The molecule has 0 aliphatic rings. The van der Waals surface area contributed by atoms with Crippen molar-refractivity contribution in [3.63, 3.8) is 0 Å². The molecule has 0 radical (unpaired) electrons. The van der Waals surface area contributed by atoms with Gasteiger partial charge in [0, 0.05) is 13.1 Å². The van der Waals surface area contributed by atoms with E-state index in [-0.39, 0.29) is 12.5 Å². The molecule has 98 valence electrons. The summed E-state index contributed by atoms with van der Waals surface area (Å²) in [4.78, 5) is 13.6. The molecule has 1 rings (SSSR count). The molecule has 18 heavy (non-hydrogen) atoms. The van der Waals surface area contributed by atoms with Gasteiger partial charge in [-0.05, 0) is 32.9 Å². The van der Waals surface area contributed by atoms with E-state index >= 15 is 0 Å². The van der Waals surface area contributed by atoms with Crippen molar-refractivity contribution < 1.29 is 9.53 Å². The number of aryl methyl sites for hydroxylation is 1. The van der Waals surface area contributed by atoms with Crippen LogP contribution in [0.25, 0.3) is 0 Å². The van der Waals surface area contributed by atoms with Gasteiger partial charge in [0.05, 0.1) is 0 Å². The second-order valence-corrected chi connectivity index (χ2v) is 4.47. The zero-order chi connectivity index (χ0) is 13.5. The second kappa shape index (κ2) is 6.84. The first-order valence-electron chi connectivity index (χ1n) is 6.14. The van der Waals surface area contributed by atoms with Crippen molar-refractivity contribution >= 4 is 5.91 Å². The molecule has 0 unspecified atom stereocenters. The summed E-state index contributed by atoms with van der Waals surface area (Å²) < 4.78 is 5.47. The molecule has 0 atom stereocenters. The van der Waals surface area contributed by atoms with Crippen molar-refractivity contribution in [3.8, 4) is 5.75 Å². The van der Waals surface area contributed by atoms with Crippen molar-refractivity contribution in [2.45, 2.75) is 20.8 Å². The third kappa shape index (κ3) is 4.62.